The smallest absolute Gasteiger partial charge is 0.251 e. The number of rotatable bonds is 6. The SMILES string of the molecule is CCOc1ccc(C(=O)N[C@@H](C)CN)cc1OC. The summed E-state index contributed by atoms with van der Waals surface area (Å²) in [5.41, 5.74) is 5.98. The minimum atomic E-state index is -0.172. The highest BCUT2D eigenvalue weighted by molar-refractivity contribution is 5.95. The van der Waals surface area contributed by atoms with Crippen LogP contribution in [0, 0.1) is 0 Å². The normalized spacial score (nSPS) is 11.8. The number of carbonyl (C=O) groups excluding carboxylic acids is 1. The number of benzene rings is 1. The van der Waals surface area contributed by atoms with Crippen LogP contribution in [0.2, 0.25) is 0 Å². The Labute approximate surface area is 107 Å². The van der Waals surface area contributed by atoms with E-state index in [0.717, 1.165) is 0 Å². The number of nitrogens with one attached hydrogen (secondary N) is 1. The summed E-state index contributed by atoms with van der Waals surface area (Å²) in [6.45, 7) is 4.69. The topological polar surface area (TPSA) is 73.6 Å². The molecule has 5 heteroatoms. The van der Waals surface area contributed by atoms with Gasteiger partial charge in [0.1, 0.15) is 0 Å². The van der Waals surface area contributed by atoms with E-state index in [9.17, 15) is 4.79 Å². The second-order valence-corrected chi connectivity index (χ2v) is 3.91. The molecule has 5 nitrogen and oxygen atoms in total. The summed E-state index contributed by atoms with van der Waals surface area (Å²) in [6, 6.07) is 5.02. The summed E-state index contributed by atoms with van der Waals surface area (Å²) in [6.07, 6.45) is 0. The second kappa shape index (κ2) is 6.86. The number of hydrogen-bond donors (Lipinski definition) is 2. The van der Waals surface area contributed by atoms with Crippen molar-refractivity contribution in [3.8, 4) is 11.5 Å². The van der Waals surface area contributed by atoms with Gasteiger partial charge in [0.15, 0.2) is 11.5 Å². The summed E-state index contributed by atoms with van der Waals surface area (Å²) in [7, 11) is 1.54. The zero-order chi connectivity index (χ0) is 13.5. The predicted octanol–water partition coefficient (Wildman–Crippen LogP) is 1.17. The van der Waals surface area contributed by atoms with Crippen molar-refractivity contribution >= 4 is 5.91 Å². The largest absolute Gasteiger partial charge is 0.493 e. The molecule has 100 valence electrons. The van der Waals surface area contributed by atoms with Gasteiger partial charge in [-0.25, -0.2) is 0 Å². The molecule has 0 aliphatic heterocycles. The second-order valence-electron chi connectivity index (χ2n) is 3.91. The molecule has 1 atom stereocenters. The van der Waals surface area contributed by atoms with E-state index in [1.165, 1.54) is 0 Å². The van der Waals surface area contributed by atoms with Crippen molar-refractivity contribution in [2.45, 2.75) is 19.9 Å². The molecule has 1 aromatic carbocycles. The van der Waals surface area contributed by atoms with Crippen LogP contribution in [0.3, 0.4) is 0 Å². The zero-order valence-corrected chi connectivity index (χ0v) is 11.0. The predicted molar refractivity (Wildman–Crippen MR) is 70.1 cm³/mol. The quantitative estimate of drug-likeness (QED) is 0.797. The van der Waals surface area contributed by atoms with E-state index in [1.807, 2.05) is 13.8 Å². The number of methoxy groups -OCH3 is 1. The lowest BCUT2D eigenvalue weighted by Crippen LogP contribution is -2.37. The molecule has 0 aromatic heterocycles. The lowest BCUT2D eigenvalue weighted by molar-refractivity contribution is 0.0941. The van der Waals surface area contributed by atoms with Crippen LogP contribution in [0.25, 0.3) is 0 Å². The molecule has 0 radical (unpaired) electrons. The highest BCUT2D eigenvalue weighted by Crippen LogP contribution is 2.27. The Morgan fingerprint density at radius 1 is 1.44 bits per heavy atom. The first-order valence-corrected chi connectivity index (χ1v) is 5.94. The van der Waals surface area contributed by atoms with Crippen LogP contribution < -0.4 is 20.5 Å². The van der Waals surface area contributed by atoms with Crippen LogP contribution in [0.5, 0.6) is 11.5 Å². The molecule has 1 aromatic rings. The lowest BCUT2D eigenvalue weighted by Gasteiger charge is -2.13. The van der Waals surface area contributed by atoms with Crippen LogP contribution >= 0.6 is 0 Å². The molecule has 0 fully saturated rings. The van der Waals surface area contributed by atoms with Crippen molar-refractivity contribution in [2.24, 2.45) is 5.73 Å². The van der Waals surface area contributed by atoms with Gasteiger partial charge in [0.05, 0.1) is 13.7 Å². The van der Waals surface area contributed by atoms with Crippen molar-refractivity contribution in [3.63, 3.8) is 0 Å². The Morgan fingerprint density at radius 2 is 2.17 bits per heavy atom. The van der Waals surface area contributed by atoms with E-state index in [-0.39, 0.29) is 11.9 Å². The Kier molecular flexibility index (Phi) is 5.45. The van der Waals surface area contributed by atoms with E-state index < -0.39 is 0 Å². The van der Waals surface area contributed by atoms with Gasteiger partial charge in [0.25, 0.3) is 5.91 Å². The maximum atomic E-state index is 11.9. The third-order valence-corrected chi connectivity index (χ3v) is 2.46. The highest BCUT2D eigenvalue weighted by Gasteiger charge is 2.12. The fourth-order valence-corrected chi connectivity index (χ4v) is 1.45. The minimum absolute atomic E-state index is 0.0601. The van der Waals surface area contributed by atoms with Gasteiger partial charge in [0.2, 0.25) is 0 Å². The van der Waals surface area contributed by atoms with Gasteiger partial charge in [-0.1, -0.05) is 0 Å². The number of ether oxygens (including phenoxy) is 2. The first kappa shape index (κ1) is 14.3. The van der Waals surface area contributed by atoms with Crippen LogP contribution in [-0.4, -0.2) is 32.2 Å². The summed E-state index contributed by atoms with van der Waals surface area (Å²) in [4.78, 5) is 11.9. The highest BCUT2D eigenvalue weighted by atomic mass is 16.5. The Balaban J connectivity index is 2.87. The Morgan fingerprint density at radius 3 is 2.72 bits per heavy atom. The van der Waals surface area contributed by atoms with Crippen molar-refractivity contribution in [2.75, 3.05) is 20.3 Å². The number of carbonyl (C=O) groups is 1. The molecular formula is C13H20N2O3. The molecule has 0 bridgehead atoms. The summed E-state index contributed by atoms with van der Waals surface area (Å²) in [5, 5.41) is 2.79. The first-order valence-electron chi connectivity index (χ1n) is 5.94. The minimum Gasteiger partial charge on any atom is -0.493 e. The van der Waals surface area contributed by atoms with Gasteiger partial charge >= 0.3 is 0 Å². The fraction of sp³-hybridized carbons (Fsp3) is 0.462. The first-order chi connectivity index (χ1) is 8.62. The summed E-state index contributed by atoms with van der Waals surface area (Å²) < 4.78 is 10.6. The maximum Gasteiger partial charge on any atom is 0.251 e. The van der Waals surface area contributed by atoms with Gasteiger partial charge < -0.3 is 20.5 Å². The third-order valence-electron chi connectivity index (χ3n) is 2.46. The Bertz CT molecular complexity index is 407. The fourth-order valence-electron chi connectivity index (χ4n) is 1.45. The molecule has 0 aliphatic carbocycles. The van der Waals surface area contributed by atoms with E-state index in [1.54, 1.807) is 25.3 Å². The molecular weight excluding hydrogens is 232 g/mol. The van der Waals surface area contributed by atoms with Crippen LogP contribution in [0.1, 0.15) is 24.2 Å². The molecule has 0 spiro atoms. The van der Waals surface area contributed by atoms with Gasteiger partial charge in [-0.2, -0.15) is 0 Å². The third kappa shape index (κ3) is 3.63. The number of nitrogens with two attached hydrogens (primary N) is 1. The monoisotopic (exact) mass is 252 g/mol. The average Bonchev–Trinajstić information content (AvgIpc) is 2.39. The molecule has 1 rings (SSSR count). The molecule has 0 saturated carbocycles. The maximum absolute atomic E-state index is 11.9. The van der Waals surface area contributed by atoms with Crippen LogP contribution in [0.4, 0.5) is 0 Å². The van der Waals surface area contributed by atoms with Crippen molar-refractivity contribution in [1.82, 2.24) is 5.32 Å². The molecule has 0 heterocycles. The van der Waals surface area contributed by atoms with E-state index >= 15 is 0 Å². The van der Waals surface area contributed by atoms with Gasteiger partial charge in [-0.3, -0.25) is 4.79 Å². The molecule has 0 saturated heterocycles. The summed E-state index contributed by atoms with van der Waals surface area (Å²) >= 11 is 0. The van der Waals surface area contributed by atoms with Gasteiger partial charge in [0, 0.05) is 18.2 Å². The zero-order valence-electron chi connectivity index (χ0n) is 11.0. The molecule has 1 amide bonds. The van der Waals surface area contributed by atoms with E-state index in [4.69, 9.17) is 15.2 Å². The van der Waals surface area contributed by atoms with Crippen LogP contribution in [0.15, 0.2) is 18.2 Å². The average molecular weight is 252 g/mol. The molecule has 0 unspecified atom stereocenters. The Hall–Kier alpha value is -1.75. The van der Waals surface area contributed by atoms with Crippen LogP contribution in [-0.2, 0) is 0 Å². The van der Waals surface area contributed by atoms with Crippen molar-refractivity contribution < 1.29 is 14.3 Å². The molecule has 3 N–H and O–H groups in total. The molecule has 0 aliphatic rings. The lowest BCUT2D eigenvalue weighted by atomic mass is 10.1. The number of amides is 1. The van der Waals surface area contributed by atoms with Crippen molar-refractivity contribution in [1.29, 1.82) is 0 Å². The van der Waals surface area contributed by atoms with Gasteiger partial charge in [-0.15, -0.1) is 0 Å². The molecule has 18 heavy (non-hydrogen) atoms. The number of hydrogen-bond acceptors (Lipinski definition) is 4. The van der Waals surface area contributed by atoms with Crippen molar-refractivity contribution in [3.05, 3.63) is 23.8 Å². The summed E-state index contributed by atoms with van der Waals surface area (Å²) in [5.74, 6) is 1.00. The standard InChI is InChI=1S/C13H20N2O3/c1-4-18-11-6-5-10(7-12(11)17-3)13(16)15-9(2)8-14/h5-7,9H,4,8,14H2,1-3H3,(H,15,16)/t9-/m0/s1. The van der Waals surface area contributed by atoms with E-state index in [2.05, 4.69) is 5.32 Å². The van der Waals surface area contributed by atoms with E-state index in [0.29, 0.717) is 30.2 Å². The van der Waals surface area contributed by atoms with Gasteiger partial charge in [-0.05, 0) is 32.0 Å².